The van der Waals surface area contributed by atoms with Crippen molar-refractivity contribution in [1.29, 1.82) is 0 Å². The van der Waals surface area contributed by atoms with Gasteiger partial charge in [0.1, 0.15) is 11.5 Å². The molecule has 0 amide bonds. The lowest BCUT2D eigenvalue weighted by molar-refractivity contribution is 0.242. The Hall–Kier alpha value is -1.96. The fraction of sp³-hybridized carbons (Fsp3) is 0.250. The van der Waals surface area contributed by atoms with Crippen molar-refractivity contribution < 1.29 is 9.47 Å². The summed E-state index contributed by atoms with van der Waals surface area (Å²) in [5, 5.41) is 0. The lowest BCUT2D eigenvalue weighted by Gasteiger charge is -2.11. The van der Waals surface area contributed by atoms with Crippen molar-refractivity contribution in [1.82, 2.24) is 0 Å². The number of hydrogen-bond acceptors (Lipinski definition) is 2. The van der Waals surface area contributed by atoms with Gasteiger partial charge >= 0.3 is 0 Å². The molecule has 0 bridgehead atoms. The zero-order chi connectivity index (χ0) is 13.0. The van der Waals surface area contributed by atoms with E-state index in [1.54, 1.807) is 7.11 Å². The van der Waals surface area contributed by atoms with E-state index in [0.717, 1.165) is 22.6 Å². The molecule has 2 aromatic rings. The van der Waals surface area contributed by atoms with Crippen LogP contribution in [0.3, 0.4) is 0 Å². The summed E-state index contributed by atoms with van der Waals surface area (Å²) in [6, 6.07) is 16.2. The molecule has 0 radical (unpaired) electrons. The quantitative estimate of drug-likeness (QED) is 0.801. The molecule has 0 saturated heterocycles. The van der Waals surface area contributed by atoms with E-state index in [-0.39, 0.29) is 6.10 Å². The molecule has 0 N–H and O–H groups in total. The van der Waals surface area contributed by atoms with Gasteiger partial charge in [-0.05, 0) is 49.2 Å². The summed E-state index contributed by atoms with van der Waals surface area (Å²) in [4.78, 5) is 0. The Morgan fingerprint density at radius 1 is 0.833 bits per heavy atom. The highest BCUT2D eigenvalue weighted by Crippen LogP contribution is 2.26. The van der Waals surface area contributed by atoms with Crippen molar-refractivity contribution in [3.63, 3.8) is 0 Å². The van der Waals surface area contributed by atoms with Gasteiger partial charge in [-0.15, -0.1) is 0 Å². The molecule has 0 spiro atoms. The molecule has 94 valence electrons. The van der Waals surface area contributed by atoms with Crippen LogP contribution >= 0.6 is 0 Å². The van der Waals surface area contributed by atoms with Crippen LogP contribution in [0.4, 0.5) is 0 Å². The Kier molecular flexibility index (Phi) is 3.88. The average Bonchev–Trinajstić information content (AvgIpc) is 2.38. The van der Waals surface area contributed by atoms with E-state index in [2.05, 4.69) is 12.1 Å². The smallest absolute Gasteiger partial charge is 0.120 e. The van der Waals surface area contributed by atoms with E-state index in [4.69, 9.17) is 9.47 Å². The first-order chi connectivity index (χ1) is 8.69. The van der Waals surface area contributed by atoms with E-state index in [1.165, 1.54) is 0 Å². The van der Waals surface area contributed by atoms with E-state index < -0.39 is 0 Å². The summed E-state index contributed by atoms with van der Waals surface area (Å²) in [5.41, 5.74) is 2.31. The van der Waals surface area contributed by atoms with Gasteiger partial charge in [0, 0.05) is 0 Å². The molecule has 0 aromatic heterocycles. The van der Waals surface area contributed by atoms with Crippen LogP contribution in [0.15, 0.2) is 48.5 Å². The molecule has 18 heavy (non-hydrogen) atoms. The van der Waals surface area contributed by atoms with E-state index >= 15 is 0 Å². The van der Waals surface area contributed by atoms with Crippen LogP contribution in [0.2, 0.25) is 0 Å². The molecule has 2 heteroatoms. The van der Waals surface area contributed by atoms with Gasteiger partial charge in [-0.2, -0.15) is 0 Å². The maximum atomic E-state index is 5.70. The van der Waals surface area contributed by atoms with Gasteiger partial charge in [-0.1, -0.05) is 24.3 Å². The van der Waals surface area contributed by atoms with Crippen LogP contribution in [0.1, 0.15) is 13.8 Å². The molecule has 0 aliphatic heterocycles. The Morgan fingerprint density at radius 3 is 2.17 bits per heavy atom. The first-order valence-electron chi connectivity index (χ1n) is 6.10. The van der Waals surface area contributed by atoms with Crippen molar-refractivity contribution in [2.75, 3.05) is 7.11 Å². The molecule has 2 aromatic carbocycles. The molecule has 0 atom stereocenters. The van der Waals surface area contributed by atoms with Gasteiger partial charge in [-0.3, -0.25) is 0 Å². The lowest BCUT2D eigenvalue weighted by atomic mass is 10.1. The molecule has 2 nitrogen and oxygen atoms in total. The third-order valence-electron chi connectivity index (χ3n) is 2.63. The second kappa shape index (κ2) is 5.58. The molecular formula is C16H18O2. The van der Waals surface area contributed by atoms with Crippen LogP contribution in [-0.2, 0) is 0 Å². The molecular weight excluding hydrogens is 224 g/mol. The maximum Gasteiger partial charge on any atom is 0.120 e. The van der Waals surface area contributed by atoms with Gasteiger partial charge in [0.2, 0.25) is 0 Å². The number of methoxy groups -OCH3 is 1. The SMILES string of the molecule is COc1ccc(-c2cccc(OC(C)C)c2)cc1. The summed E-state index contributed by atoms with van der Waals surface area (Å²) >= 11 is 0. The predicted molar refractivity (Wildman–Crippen MR) is 74.2 cm³/mol. The maximum absolute atomic E-state index is 5.70. The monoisotopic (exact) mass is 242 g/mol. The minimum Gasteiger partial charge on any atom is -0.497 e. The minimum absolute atomic E-state index is 0.191. The summed E-state index contributed by atoms with van der Waals surface area (Å²) in [6.07, 6.45) is 0.191. The molecule has 0 unspecified atom stereocenters. The number of benzene rings is 2. The topological polar surface area (TPSA) is 18.5 Å². The Balaban J connectivity index is 2.26. The van der Waals surface area contributed by atoms with Crippen molar-refractivity contribution in [3.8, 4) is 22.6 Å². The standard InChI is InChI=1S/C16H18O2/c1-12(2)18-16-6-4-5-14(11-16)13-7-9-15(17-3)10-8-13/h4-12H,1-3H3. The fourth-order valence-corrected chi connectivity index (χ4v) is 1.80. The van der Waals surface area contributed by atoms with Gasteiger partial charge in [0.25, 0.3) is 0 Å². The Morgan fingerprint density at radius 2 is 1.56 bits per heavy atom. The third kappa shape index (κ3) is 3.04. The van der Waals surface area contributed by atoms with Crippen LogP contribution in [0.25, 0.3) is 11.1 Å². The van der Waals surface area contributed by atoms with Crippen LogP contribution in [0.5, 0.6) is 11.5 Å². The Bertz CT molecular complexity index is 501. The fourth-order valence-electron chi connectivity index (χ4n) is 1.80. The highest BCUT2D eigenvalue weighted by Gasteiger charge is 2.02. The van der Waals surface area contributed by atoms with Gasteiger partial charge in [0.05, 0.1) is 13.2 Å². The number of hydrogen-bond donors (Lipinski definition) is 0. The van der Waals surface area contributed by atoms with Crippen LogP contribution < -0.4 is 9.47 Å². The Labute approximate surface area is 108 Å². The molecule has 0 fully saturated rings. The van der Waals surface area contributed by atoms with E-state index in [1.807, 2.05) is 50.2 Å². The summed E-state index contributed by atoms with van der Waals surface area (Å²) in [7, 11) is 1.67. The van der Waals surface area contributed by atoms with Crippen LogP contribution in [0, 0.1) is 0 Å². The minimum atomic E-state index is 0.191. The zero-order valence-electron chi connectivity index (χ0n) is 11.0. The first kappa shape index (κ1) is 12.5. The number of rotatable bonds is 4. The van der Waals surface area contributed by atoms with Crippen molar-refractivity contribution >= 4 is 0 Å². The summed E-state index contributed by atoms with van der Waals surface area (Å²) in [5.74, 6) is 1.77. The third-order valence-corrected chi connectivity index (χ3v) is 2.63. The van der Waals surface area contributed by atoms with Gasteiger partial charge < -0.3 is 9.47 Å². The zero-order valence-corrected chi connectivity index (χ0v) is 11.0. The normalized spacial score (nSPS) is 10.4. The second-order valence-electron chi connectivity index (χ2n) is 4.42. The number of ether oxygens (including phenoxy) is 2. The molecule has 0 saturated carbocycles. The largest absolute Gasteiger partial charge is 0.497 e. The molecule has 0 aliphatic carbocycles. The van der Waals surface area contributed by atoms with Crippen LogP contribution in [-0.4, -0.2) is 13.2 Å². The summed E-state index contributed by atoms with van der Waals surface area (Å²) < 4.78 is 10.9. The molecule has 0 heterocycles. The van der Waals surface area contributed by atoms with Crippen molar-refractivity contribution in [2.24, 2.45) is 0 Å². The average molecular weight is 242 g/mol. The predicted octanol–water partition coefficient (Wildman–Crippen LogP) is 4.15. The molecule has 2 rings (SSSR count). The van der Waals surface area contributed by atoms with Gasteiger partial charge in [0.15, 0.2) is 0 Å². The first-order valence-corrected chi connectivity index (χ1v) is 6.10. The highest BCUT2D eigenvalue weighted by molar-refractivity contribution is 5.65. The molecule has 0 aliphatic rings. The van der Waals surface area contributed by atoms with Gasteiger partial charge in [-0.25, -0.2) is 0 Å². The lowest BCUT2D eigenvalue weighted by Crippen LogP contribution is -2.05. The van der Waals surface area contributed by atoms with E-state index in [0.29, 0.717) is 0 Å². The van der Waals surface area contributed by atoms with Crippen molar-refractivity contribution in [3.05, 3.63) is 48.5 Å². The highest BCUT2D eigenvalue weighted by atomic mass is 16.5. The van der Waals surface area contributed by atoms with Crippen molar-refractivity contribution in [2.45, 2.75) is 20.0 Å². The summed E-state index contributed by atoms with van der Waals surface area (Å²) in [6.45, 7) is 4.06. The van der Waals surface area contributed by atoms with E-state index in [9.17, 15) is 0 Å². The second-order valence-corrected chi connectivity index (χ2v) is 4.42.